The smallest absolute Gasteiger partial charge is 0.201 e. The van der Waals surface area contributed by atoms with Crippen molar-refractivity contribution in [1.82, 2.24) is 9.55 Å². The Balaban J connectivity index is 2.06. The van der Waals surface area contributed by atoms with Crippen LogP contribution in [0, 0.1) is 5.82 Å². The maximum atomic E-state index is 13.8. The largest absolute Gasteiger partial charge is 0.494 e. The van der Waals surface area contributed by atoms with E-state index >= 15 is 0 Å². The molecule has 0 saturated carbocycles. The van der Waals surface area contributed by atoms with Crippen LogP contribution >= 0.6 is 11.3 Å². The van der Waals surface area contributed by atoms with Gasteiger partial charge in [-0.3, -0.25) is 0 Å². The zero-order chi connectivity index (χ0) is 15.0. The van der Waals surface area contributed by atoms with Gasteiger partial charge >= 0.3 is 0 Å². The fourth-order valence-electron chi connectivity index (χ4n) is 2.58. The molecule has 2 aromatic heterocycles. The summed E-state index contributed by atoms with van der Waals surface area (Å²) in [4.78, 5) is 4.25. The van der Waals surface area contributed by atoms with Crippen LogP contribution in [0.2, 0.25) is 0 Å². The Morgan fingerprint density at radius 3 is 2.95 bits per heavy atom. The number of nitrogens with two attached hydrogens (primary N) is 1. The summed E-state index contributed by atoms with van der Waals surface area (Å²) >= 11 is 1.67. The number of imidazole rings is 1. The lowest BCUT2D eigenvalue weighted by Crippen LogP contribution is -2.11. The molecule has 3 rings (SSSR count). The number of anilines is 1. The van der Waals surface area contributed by atoms with Crippen LogP contribution in [0.1, 0.15) is 18.5 Å². The average molecular weight is 305 g/mol. The quantitative estimate of drug-likeness (QED) is 0.801. The Kier molecular flexibility index (Phi) is 3.55. The molecule has 2 N–H and O–H groups in total. The maximum Gasteiger partial charge on any atom is 0.201 e. The summed E-state index contributed by atoms with van der Waals surface area (Å²) in [5, 5.41) is 4.17. The number of benzene rings is 1. The first-order chi connectivity index (χ1) is 10.1. The molecule has 6 heteroatoms. The fraction of sp³-hybridized carbons (Fsp3) is 0.267. The van der Waals surface area contributed by atoms with Gasteiger partial charge in [-0.1, -0.05) is 0 Å². The van der Waals surface area contributed by atoms with Crippen molar-refractivity contribution in [3.63, 3.8) is 0 Å². The molecule has 0 saturated heterocycles. The lowest BCUT2D eigenvalue weighted by Gasteiger charge is -2.15. The van der Waals surface area contributed by atoms with Crippen LogP contribution in [0.5, 0.6) is 5.75 Å². The third-order valence-corrected chi connectivity index (χ3v) is 4.27. The molecule has 2 heterocycles. The number of fused-ring (bicyclic) bond motifs is 1. The molecule has 4 nitrogen and oxygen atoms in total. The van der Waals surface area contributed by atoms with E-state index in [0.717, 1.165) is 11.9 Å². The molecule has 0 aliphatic rings. The molecule has 0 bridgehead atoms. The molecule has 0 radical (unpaired) electrons. The van der Waals surface area contributed by atoms with E-state index < -0.39 is 5.82 Å². The second kappa shape index (κ2) is 5.37. The van der Waals surface area contributed by atoms with Crippen molar-refractivity contribution in [2.45, 2.75) is 19.4 Å². The molecular weight excluding hydrogens is 289 g/mol. The first-order valence-corrected chi connectivity index (χ1v) is 7.56. The van der Waals surface area contributed by atoms with E-state index in [0.29, 0.717) is 11.5 Å². The van der Waals surface area contributed by atoms with Crippen LogP contribution in [-0.4, -0.2) is 16.7 Å². The average Bonchev–Trinajstić information content (AvgIpc) is 3.04. The van der Waals surface area contributed by atoms with Gasteiger partial charge in [-0.15, -0.1) is 0 Å². The van der Waals surface area contributed by atoms with Gasteiger partial charge in [0.2, 0.25) is 5.95 Å². The normalized spacial score (nSPS) is 12.7. The minimum absolute atomic E-state index is 0.125. The van der Waals surface area contributed by atoms with Crippen molar-refractivity contribution < 1.29 is 9.13 Å². The third-order valence-electron chi connectivity index (χ3n) is 3.54. The minimum atomic E-state index is -0.430. The molecule has 110 valence electrons. The number of methoxy groups -OCH3 is 1. The molecule has 1 atom stereocenters. The summed E-state index contributed by atoms with van der Waals surface area (Å²) in [6.07, 6.45) is 0.846. The number of ether oxygens (including phenoxy) is 1. The molecule has 0 aliphatic heterocycles. The Morgan fingerprint density at radius 2 is 2.29 bits per heavy atom. The van der Waals surface area contributed by atoms with Crippen LogP contribution in [0.4, 0.5) is 10.3 Å². The van der Waals surface area contributed by atoms with Crippen molar-refractivity contribution in [2.75, 3.05) is 12.8 Å². The predicted molar refractivity (Wildman–Crippen MR) is 83.4 cm³/mol. The first kappa shape index (κ1) is 13.9. The number of rotatable bonds is 4. The monoisotopic (exact) mass is 305 g/mol. The van der Waals surface area contributed by atoms with Crippen LogP contribution in [0.3, 0.4) is 0 Å². The molecule has 3 aromatic rings. The van der Waals surface area contributed by atoms with Crippen molar-refractivity contribution in [3.8, 4) is 5.75 Å². The highest BCUT2D eigenvalue weighted by Gasteiger charge is 2.17. The fourth-order valence-corrected chi connectivity index (χ4v) is 3.26. The van der Waals surface area contributed by atoms with Crippen molar-refractivity contribution in [3.05, 3.63) is 40.3 Å². The summed E-state index contributed by atoms with van der Waals surface area (Å²) in [6, 6.07) is 5.23. The number of nitrogen functional groups attached to an aromatic ring is 1. The van der Waals surface area contributed by atoms with E-state index in [-0.39, 0.29) is 11.8 Å². The molecule has 0 aliphatic carbocycles. The Hall–Kier alpha value is -2.08. The Morgan fingerprint density at radius 1 is 1.48 bits per heavy atom. The van der Waals surface area contributed by atoms with Gasteiger partial charge in [-0.25, -0.2) is 9.37 Å². The van der Waals surface area contributed by atoms with E-state index in [1.165, 1.54) is 18.7 Å². The van der Waals surface area contributed by atoms with E-state index in [1.807, 2.05) is 4.57 Å². The Labute approximate surface area is 126 Å². The second-order valence-electron chi connectivity index (χ2n) is 5.00. The van der Waals surface area contributed by atoms with Crippen LogP contribution in [0.15, 0.2) is 29.0 Å². The van der Waals surface area contributed by atoms with E-state index in [9.17, 15) is 4.39 Å². The number of hydrogen-bond donors (Lipinski definition) is 1. The summed E-state index contributed by atoms with van der Waals surface area (Å²) < 4.78 is 20.7. The zero-order valence-corrected chi connectivity index (χ0v) is 12.7. The van der Waals surface area contributed by atoms with Crippen LogP contribution < -0.4 is 10.5 Å². The topological polar surface area (TPSA) is 53.1 Å². The Bertz CT molecular complexity index is 767. The van der Waals surface area contributed by atoms with Gasteiger partial charge in [0, 0.05) is 18.2 Å². The summed E-state index contributed by atoms with van der Waals surface area (Å²) in [5.74, 6) is 0.159. The number of hydrogen-bond acceptors (Lipinski definition) is 4. The number of aromatic nitrogens is 2. The van der Waals surface area contributed by atoms with E-state index in [1.54, 1.807) is 17.4 Å². The highest BCUT2D eigenvalue weighted by atomic mass is 32.1. The van der Waals surface area contributed by atoms with Crippen molar-refractivity contribution in [1.29, 1.82) is 0 Å². The van der Waals surface area contributed by atoms with Gasteiger partial charge in [-0.05, 0) is 35.7 Å². The van der Waals surface area contributed by atoms with Crippen molar-refractivity contribution >= 4 is 28.3 Å². The maximum absolute atomic E-state index is 13.8. The second-order valence-corrected chi connectivity index (χ2v) is 5.78. The van der Waals surface area contributed by atoms with Crippen molar-refractivity contribution in [2.24, 2.45) is 0 Å². The van der Waals surface area contributed by atoms with Gasteiger partial charge in [-0.2, -0.15) is 11.3 Å². The molecule has 21 heavy (non-hydrogen) atoms. The number of nitrogens with zero attached hydrogens (tertiary/aromatic N) is 2. The summed E-state index contributed by atoms with van der Waals surface area (Å²) in [5.41, 5.74) is 8.60. The number of thiophene rings is 1. The van der Waals surface area contributed by atoms with E-state index in [4.69, 9.17) is 10.5 Å². The lowest BCUT2D eigenvalue weighted by molar-refractivity contribution is 0.387. The van der Waals surface area contributed by atoms with Gasteiger partial charge in [0.05, 0.1) is 18.1 Å². The van der Waals surface area contributed by atoms with Gasteiger partial charge in [0.15, 0.2) is 11.6 Å². The number of halogens is 1. The zero-order valence-electron chi connectivity index (χ0n) is 11.8. The summed E-state index contributed by atoms with van der Waals surface area (Å²) in [6.45, 7) is 2.07. The molecule has 0 fully saturated rings. The SMILES string of the molecule is COc1cc2c(cc1F)nc(N)n2C(C)Cc1ccsc1. The van der Waals surface area contributed by atoms with Gasteiger partial charge in [0.25, 0.3) is 0 Å². The summed E-state index contributed by atoms with van der Waals surface area (Å²) in [7, 11) is 1.45. The molecule has 0 spiro atoms. The van der Waals surface area contributed by atoms with Gasteiger partial charge < -0.3 is 15.0 Å². The van der Waals surface area contributed by atoms with Crippen LogP contribution in [-0.2, 0) is 6.42 Å². The van der Waals surface area contributed by atoms with E-state index in [2.05, 4.69) is 28.7 Å². The first-order valence-electron chi connectivity index (χ1n) is 6.62. The standard InChI is InChI=1S/C15H16FN3OS/c1-9(5-10-3-4-21-8-10)19-13-7-14(20-2)11(16)6-12(13)18-15(19)17/h3-4,6-9H,5H2,1-2H3,(H2,17,18). The lowest BCUT2D eigenvalue weighted by atomic mass is 10.1. The molecule has 0 amide bonds. The van der Waals surface area contributed by atoms with Gasteiger partial charge in [0.1, 0.15) is 0 Å². The minimum Gasteiger partial charge on any atom is -0.494 e. The highest BCUT2D eigenvalue weighted by molar-refractivity contribution is 7.07. The third kappa shape index (κ3) is 2.47. The predicted octanol–water partition coefficient (Wildman–Crippen LogP) is 3.63. The van der Waals surface area contributed by atoms with Crippen LogP contribution in [0.25, 0.3) is 11.0 Å². The molecule has 1 aromatic carbocycles. The highest BCUT2D eigenvalue weighted by Crippen LogP contribution is 2.30. The molecular formula is C15H16FN3OS. The molecule has 1 unspecified atom stereocenters.